The van der Waals surface area contributed by atoms with E-state index in [1.807, 2.05) is 20.8 Å². The highest BCUT2D eigenvalue weighted by molar-refractivity contribution is 9.10. The maximum absolute atomic E-state index is 12.1. The molecule has 1 amide bonds. The number of pyridine rings is 1. The van der Waals surface area contributed by atoms with E-state index in [9.17, 15) is 4.79 Å². The van der Waals surface area contributed by atoms with Crippen LogP contribution in [0, 0.1) is 13.8 Å². The van der Waals surface area contributed by atoms with Gasteiger partial charge in [0.05, 0.1) is 16.7 Å². The van der Waals surface area contributed by atoms with Crippen molar-refractivity contribution in [3.8, 4) is 0 Å². The van der Waals surface area contributed by atoms with Crippen LogP contribution in [-0.2, 0) is 0 Å². The average molecular weight is 340 g/mol. The number of aryl methyl sites for hydroxylation is 2. The Morgan fingerprint density at radius 3 is 2.79 bits per heavy atom. The van der Waals surface area contributed by atoms with Crippen LogP contribution in [0.15, 0.2) is 22.8 Å². The second-order valence-electron chi connectivity index (χ2n) is 4.21. The van der Waals surface area contributed by atoms with Crippen LogP contribution in [0.1, 0.15) is 39.0 Å². The van der Waals surface area contributed by atoms with E-state index in [0.29, 0.717) is 10.2 Å². The van der Waals surface area contributed by atoms with Gasteiger partial charge in [-0.1, -0.05) is 0 Å². The van der Waals surface area contributed by atoms with Crippen LogP contribution in [-0.4, -0.2) is 15.9 Å². The molecule has 2 aromatic heterocycles. The number of carbonyl (C=O) groups is 1. The molecule has 1 unspecified atom stereocenters. The highest BCUT2D eigenvalue weighted by Gasteiger charge is 2.18. The van der Waals surface area contributed by atoms with E-state index in [1.54, 1.807) is 29.7 Å². The fraction of sp³-hybridized carbons (Fsp3) is 0.308. The van der Waals surface area contributed by atoms with E-state index < -0.39 is 0 Å². The molecule has 1 N–H and O–H groups in total. The summed E-state index contributed by atoms with van der Waals surface area (Å²) in [6.45, 7) is 5.87. The van der Waals surface area contributed by atoms with Gasteiger partial charge in [-0.05, 0) is 48.8 Å². The number of thiazole rings is 1. The van der Waals surface area contributed by atoms with E-state index in [4.69, 9.17) is 0 Å². The number of hydrogen-bond donors (Lipinski definition) is 1. The van der Waals surface area contributed by atoms with Gasteiger partial charge < -0.3 is 5.32 Å². The zero-order valence-electron chi connectivity index (χ0n) is 10.9. The number of carbonyl (C=O) groups excluding carboxylic acids is 1. The third-order valence-corrected chi connectivity index (χ3v) is 4.55. The third kappa shape index (κ3) is 3.19. The summed E-state index contributed by atoms with van der Waals surface area (Å²) in [5.74, 6) is -0.189. The first kappa shape index (κ1) is 14.1. The molecule has 6 heteroatoms. The molecule has 1 atom stereocenters. The molecular formula is C13H14BrN3OS. The standard InChI is InChI=1S/C13H14BrN3OS/c1-7-12(19-9(3)16-7)8(2)17-13(18)11-10(14)5-4-6-15-11/h4-6,8H,1-3H3,(H,17,18). The van der Waals surface area contributed by atoms with Gasteiger partial charge in [0.1, 0.15) is 5.69 Å². The van der Waals surface area contributed by atoms with Crippen molar-refractivity contribution in [3.63, 3.8) is 0 Å². The second-order valence-corrected chi connectivity index (χ2v) is 6.30. The second kappa shape index (κ2) is 5.79. The first-order valence-electron chi connectivity index (χ1n) is 5.84. The van der Waals surface area contributed by atoms with Crippen LogP contribution >= 0.6 is 27.3 Å². The van der Waals surface area contributed by atoms with Gasteiger partial charge in [-0.3, -0.25) is 4.79 Å². The predicted octanol–water partition coefficient (Wildman–Crippen LogP) is 3.41. The van der Waals surface area contributed by atoms with Crippen molar-refractivity contribution in [2.24, 2.45) is 0 Å². The first-order chi connectivity index (χ1) is 8.99. The van der Waals surface area contributed by atoms with Gasteiger partial charge in [-0.25, -0.2) is 9.97 Å². The maximum Gasteiger partial charge on any atom is 0.271 e. The van der Waals surface area contributed by atoms with Crippen molar-refractivity contribution in [2.45, 2.75) is 26.8 Å². The fourth-order valence-corrected chi connectivity index (χ4v) is 3.20. The Morgan fingerprint density at radius 1 is 1.47 bits per heavy atom. The van der Waals surface area contributed by atoms with Crippen LogP contribution < -0.4 is 5.32 Å². The van der Waals surface area contributed by atoms with Crippen molar-refractivity contribution in [1.29, 1.82) is 0 Å². The van der Waals surface area contributed by atoms with E-state index in [1.165, 1.54) is 0 Å². The predicted molar refractivity (Wildman–Crippen MR) is 79.4 cm³/mol. The molecule has 0 aliphatic carbocycles. The van der Waals surface area contributed by atoms with Gasteiger partial charge in [0.15, 0.2) is 0 Å². The topological polar surface area (TPSA) is 54.9 Å². The summed E-state index contributed by atoms with van der Waals surface area (Å²) in [6, 6.07) is 3.50. The maximum atomic E-state index is 12.1. The lowest BCUT2D eigenvalue weighted by Gasteiger charge is -2.13. The minimum absolute atomic E-state index is 0.0763. The summed E-state index contributed by atoms with van der Waals surface area (Å²) in [5.41, 5.74) is 1.36. The van der Waals surface area contributed by atoms with Crippen molar-refractivity contribution in [1.82, 2.24) is 15.3 Å². The lowest BCUT2D eigenvalue weighted by atomic mass is 10.2. The highest BCUT2D eigenvalue weighted by atomic mass is 79.9. The van der Waals surface area contributed by atoms with Gasteiger partial charge >= 0.3 is 0 Å². The van der Waals surface area contributed by atoms with Crippen molar-refractivity contribution in [3.05, 3.63) is 44.1 Å². The van der Waals surface area contributed by atoms with Crippen LogP contribution in [0.5, 0.6) is 0 Å². The SMILES string of the molecule is Cc1nc(C)c(C(C)NC(=O)c2ncccc2Br)s1. The molecule has 0 aliphatic rings. The smallest absolute Gasteiger partial charge is 0.271 e. The molecule has 2 rings (SSSR count). The largest absolute Gasteiger partial charge is 0.343 e. The van der Waals surface area contributed by atoms with E-state index in [-0.39, 0.29) is 11.9 Å². The van der Waals surface area contributed by atoms with Gasteiger partial charge in [-0.15, -0.1) is 11.3 Å². The zero-order chi connectivity index (χ0) is 14.0. The molecule has 0 fully saturated rings. The molecule has 0 saturated heterocycles. The van der Waals surface area contributed by atoms with Crippen molar-refractivity contribution >= 4 is 33.2 Å². The first-order valence-corrected chi connectivity index (χ1v) is 7.45. The lowest BCUT2D eigenvalue weighted by Crippen LogP contribution is -2.27. The molecular weight excluding hydrogens is 326 g/mol. The third-order valence-electron chi connectivity index (χ3n) is 2.65. The summed E-state index contributed by atoms with van der Waals surface area (Å²) in [7, 11) is 0. The van der Waals surface area contributed by atoms with Crippen molar-refractivity contribution in [2.75, 3.05) is 0 Å². The summed E-state index contributed by atoms with van der Waals surface area (Å²) in [6.07, 6.45) is 1.60. The molecule has 0 saturated carbocycles. The summed E-state index contributed by atoms with van der Waals surface area (Å²) >= 11 is 4.93. The lowest BCUT2D eigenvalue weighted by molar-refractivity contribution is 0.0934. The molecule has 0 aromatic carbocycles. The molecule has 0 radical (unpaired) electrons. The molecule has 2 heterocycles. The Kier molecular flexibility index (Phi) is 4.31. The Morgan fingerprint density at radius 2 is 2.21 bits per heavy atom. The van der Waals surface area contributed by atoms with E-state index in [2.05, 4.69) is 31.2 Å². The van der Waals surface area contributed by atoms with Gasteiger partial charge in [0.25, 0.3) is 5.91 Å². The number of amides is 1. The van der Waals surface area contributed by atoms with Crippen LogP contribution in [0.3, 0.4) is 0 Å². The van der Waals surface area contributed by atoms with Gasteiger partial charge in [0.2, 0.25) is 0 Å². The quantitative estimate of drug-likeness (QED) is 0.932. The molecule has 19 heavy (non-hydrogen) atoms. The average Bonchev–Trinajstić information content (AvgIpc) is 2.69. The monoisotopic (exact) mass is 339 g/mol. The molecule has 100 valence electrons. The van der Waals surface area contributed by atoms with Gasteiger partial charge in [0, 0.05) is 15.5 Å². The summed E-state index contributed by atoms with van der Waals surface area (Å²) < 4.78 is 0.692. The molecule has 0 aliphatic heterocycles. The molecule has 4 nitrogen and oxygen atoms in total. The highest BCUT2D eigenvalue weighted by Crippen LogP contribution is 2.25. The number of nitrogens with one attached hydrogen (secondary N) is 1. The van der Waals surface area contributed by atoms with Crippen molar-refractivity contribution < 1.29 is 4.79 Å². The number of aromatic nitrogens is 2. The van der Waals surface area contributed by atoms with Gasteiger partial charge in [-0.2, -0.15) is 0 Å². The molecule has 2 aromatic rings. The van der Waals surface area contributed by atoms with E-state index >= 15 is 0 Å². The summed E-state index contributed by atoms with van der Waals surface area (Å²) in [4.78, 5) is 21.7. The normalized spacial score (nSPS) is 12.2. The number of hydrogen-bond acceptors (Lipinski definition) is 4. The zero-order valence-corrected chi connectivity index (χ0v) is 13.3. The molecule has 0 bridgehead atoms. The number of halogens is 1. The number of rotatable bonds is 3. The van der Waals surface area contributed by atoms with Crippen LogP contribution in [0.2, 0.25) is 0 Å². The minimum Gasteiger partial charge on any atom is -0.343 e. The number of nitrogens with zero attached hydrogens (tertiary/aromatic N) is 2. The Labute approximate surface area is 124 Å². The molecule has 0 spiro atoms. The van der Waals surface area contributed by atoms with E-state index in [0.717, 1.165) is 15.6 Å². The Bertz CT molecular complexity index is 612. The Hall–Kier alpha value is -1.27. The fourth-order valence-electron chi connectivity index (χ4n) is 1.83. The summed E-state index contributed by atoms with van der Waals surface area (Å²) in [5, 5.41) is 3.95. The Balaban J connectivity index is 2.15. The van der Waals surface area contributed by atoms with Crippen LogP contribution in [0.25, 0.3) is 0 Å². The minimum atomic E-state index is -0.189. The van der Waals surface area contributed by atoms with Crippen LogP contribution in [0.4, 0.5) is 0 Å².